The van der Waals surface area contributed by atoms with Crippen molar-refractivity contribution in [1.82, 2.24) is 0 Å². The summed E-state index contributed by atoms with van der Waals surface area (Å²) in [5, 5.41) is 0. The molecule has 0 fully saturated rings. The molecule has 40 valence electrons. The van der Waals surface area contributed by atoms with Crippen LogP contribution in [0.4, 0.5) is 0 Å². The lowest BCUT2D eigenvalue weighted by Crippen LogP contribution is -1.62. The van der Waals surface area contributed by atoms with E-state index >= 15 is 0 Å². The molecular weight excluding hydrogens is 142 g/mol. The zero-order valence-electron chi connectivity index (χ0n) is 3.84. The fraction of sp³-hybridized carbons (Fsp3) is 0. The molecule has 1 aliphatic rings. The Morgan fingerprint density at radius 3 is 3.12 bits per heavy atom. The Morgan fingerprint density at radius 2 is 2.12 bits per heavy atom. The third-order valence-electron chi connectivity index (χ3n) is 0.420. The molecule has 0 aromatic heterocycles. The lowest BCUT2D eigenvalue weighted by atomic mass is 11.2. The Bertz CT molecular complexity index is 113. The predicted octanol–water partition coefficient (Wildman–Crippen LogP) is 2.15. The van der Waals surface area contributed by atoms with Gasteiger partial charge in [-0.25, -0.2) is 4.99 Å². The van der Waals surface area contributed by atoms with Gasteiger partial charge in [-0.3, -0.25) is 0 Å². The van der Waals surface area contributed by atoms with Gasteiger partial charge in [0.25, 0.3) is 0 Å². The second kappa shape index (κ2) is 3.53. The summed E-state index contributed by atoms with van der Waals surface area (Å²) in [6, 6.07) is 0. The first-order valence-electron chi connectivity index (χ1n) is 1.83. The van der Waals surface area contributed by atoms with Gasteiger partial charge in [0.2, 0.25) is 0 Å². The van der Waals surface area contributed by atoms with Crippen molar-refractivity contribution < 1.29 is 0 Å². The molecular formula is C2H2N4P2. The summed E-state index contributed by atoms with van der Waals surface area (Å²) in [6.45, 7) is 0. The topological polar surface area (TPSA) is 49.4 Å². The zero-order chi connectivity index (χ0) is 5.66. The molecule has 4 nitrogen and oxygen atoms in total. The number of aliphatic imine (C=N–C) groups is 1. The smallest absolute Gasteiger partial charge is 0.161 e. The zero-order valence-corrected chi connectivity index (χ0v) is 5.63. The minimum absolute atomic E-state index is 0.684. The van der Waals surface area contributed by atoms with E-state index in [2.05, 4.69) is 19.0 Å². The van der Waals surface area contributed by atoms with Gasteiger partial charge in [0.1, 0.15) is 12.7 Å². The minimum Gasteiger partial charge on any atom is -0.224 e. The summed E-state index contributed by atoms with van der Waals surface area (Å²) in [7, 11) is 1.37. The molecule has 0 N–H and O–H groups in total. The number of rotatable bonds is 0. The van der Waals surface area contributed by atoms with Crippen molar-refractivity contribution in [2.45, 2.75) is 0 Å². The van der Waals surface area contributed by atoms with Crippen LogP contribution in [0, 0.1) is 0 Å². The molecule has 0 aliphatic carbocycles. The highest BCUT2D eigenvalue weighted by Crippen LogP contribution is 2.12. The molecule has 6 heteroatoms. The molecule has 0 aromatic rings. The van der Waals surface area contributed by atoms with Gasteiger partial charge < -0.3 is 0 Å². The van der Waals surface area contributed by atoms with E-state index in [-0.39, 0.29) is 0 Å². The highest BCUT2D eigenvalue weighted by Gasteiger charge is 1.69. The van der Waals surface area contributed by atoms with Crippen molar-refractivity contribution in [2.75, 3.05) is 0 Å². The first-order chi connectivity index (χ1) is 4.00. The first kappa shape index (κ1) is 5.67. The fourth-order valence-corrected chi connectivity index (χ4v) is 0.924. The summed E-state index contributed by atoms with van der Waals surface area (Å²) in [5.41, 5.74) is 0. The van der Waals surface area contributed by atoms with Gasteiger partial charge in [-0.15, -0.1) is 0 Å². The van der Waals surface area contributed by atoms with Crippen LogP contribution >= 0.6 is 17.0 Å². The van der Waals surface area contributed by atoms with E-state index in [1.807, 2.05) is 0 Å². The molecule has 1 rings (SSSR count). The van der Waals surface area contributed by atoms with E-state index < -0.39 is 0 Å². The normalized spacial score (nSPS) is 32.0. The van der Waals surface area contributed by atoms with Crippen LogP contribution in [0.15, 0.2) is 19.0 Å². The Labute approximate surface area is 49.6 Å². The van der Waals surface area contributed by atoms with Crippen molar-refractivity contribution in [3.63, 3.8) is 0 Å². The molecule has 0 spiro atoms. The monoisotopic (exact) mass is 144 g/mol. The molecule has 8 heavy (non-hydrogen) atoms. The summed E-state index contributed by atoms with van der Waals surface area (Å²) >= 11 is 0. The van der Waals surface area contributed by atoms with Crippen molar-refractivity contribution >= 4 is 29.7 Å². The third kappa shape index (κ3) is 2.01. The summed E-state index contributed by atoms with van der Waals surface area (Å²) < 4.78 is 11.3. The van der Waals surface area contributed by atoms with Crippen LogP contribution in [-0.4, -0.2) is 12.7 Å². The quantitative estimate of drug-likeness (QED) is 0.467. The molecule has 1 heterocycles. The average molecular weight is 144 g/mol. The number of hydrogen-bond donors (Lipinski definition) is 0. The average Bonchev–Trinajstić information content (AvgIpc) is 1.62. The van der Waals surface area contributed by atoms with Gasteiger partial charge >= 0.3 is 0 Å². The summed E-state index contributed by atoms with van der Waals surface area (Å²) in [5.74, 6) is 0. The van der Waals surface area contributed by atoms with Crippen molar-refractivity contribution in [3.05, 3.63) is 0 Å². The van der Waals surface area contributed by atoms with Gasteiger partial charge in [0.05, 0.1) is 0 Å². The van der Waals surface area contributed by atoms with Crippen LogP contribution in [0.1, 0.15) is 0 Å². The Kier molecular flexibility index (Phi) is 2.50. The van der Waals surface area contributed by atoms with Crippen molar-refractivity contribution in [2.24, 2.45) is 19.0 Å². The van der Waals surface area contributed by atoms with Gasteiger partial charge in [-0.2, -0.15) is 14.0 Å². The Hall–Kier alpha value is -0.460. The molecule has 0 bridgehead atoms. The molecule has 0 amide bonds. The molecule has 1 aliphatic heterocycles. The number of hydrogen-bond acceptors (Lipinski definition) is 4. The predicted molar refractivity (Wildman–Crippen MR) is 35.7 cm³/mol. The lowest BCUT2D eigenvalue weighted by molar-refractivity contribution is 1.68. The third-order valence-corrected chi connectivity index (χ3v) is 1.47. The minimum atomic E-state index is 0.684. The summed E-state index contributed by atoms with van der Waals surface area (Å²) in [4.78, 5) is 3.67. The van der Waals surface area contributed by atoms with E-state index in [1.54, 1.807) is 0 Å². The molecule has 0 saturated carbocycles. The molecule has 0 aromatic carbocycles. The van der Waals surface area contributed by atoms with E-state index in [4.69, 9.17) is 0 Å². The standard InChI is InChI=1S/C2H2N4P2/c1-3-2-5-8-6-7-4-1/h1-2H/b3-1-,3-2?,4-1?,5-2-. The van der Waals surface area contributed by atoms with Gasteiger partial charge in [0.15, 0.2) is 17.0 Å². The second-order valence-electron chi connectivity index (χ2n) is 0.879. The van der Waals surface area contributed by atoms with E-state index in [9.17, 15) is 0 Å². The maximum atomic E-state index is 3.82. The number of nitrogens with zero attached hydrogens (tertiary/aromatic N) is 4. The Balaban J connectivity index is 2.67. The molecule has 0 saturated heterocycles. The second-order valence-corrected chi connectivity index (χ2v) is 2.41. The van der Waals surface area contributed by atoms with Crippen LogP contribution in [0.3, 0.4) is 0 Å². The van der Waals surface area contributed by atoms with E-state index in [1.165, 1.54) is 12.7 Å². The van der Waals surface area contributed by atoms with Crippen LogP contribution in [0.5, 0.6) is 0 Å². The van der Waals surface area contributed by atoms with Gasteiger partial charge in [-0.05, 0) is 0 Å². The fourth-order valence-electron chi connectivity index (χ4n) is 0.200. The molecule has 0 radical (unpaired) electrons. The Morgan fingerprint density at radius 1 is 1.12 bits per heavy atom. The van der Waals surface area contributed by atoms with Crippen LogP contribution in [0.25, 0.3) is 0 Å². The van der Waals surface area contributed by atoms with Crippen LogP contribution in [0.2, 0.25) is 0 Å². The SMILES string of the molecule is C1=N\C=N/P=N\P=N/1. The highest BCUT2D eigenvalue weighted by molar-refractivity contribution is 7.38. The molecule has 0 unspecified atom stereocenters. The molecule has 0 atom stereocenters. The van der Waals surface area contributed by atoms with Crippen LogP contribution in [-0.2, 0) is 0 Å². The van der Waals surface area contributed by atoms with Crippen LogP contribution < -0.4 is 0 Å². The summed E-state index contributed by atoms with van der Waals surface area (Å²) in [6.07, 6.45) is 2.87. The maximum Gasteiger partial charge on any atom is 0.161 e. The van der Waals surface area contributed by atoms with E-state index in [0.29, 0.717) is 17.0 Å². The largest absolute Gasteiger partial charge is 0.224 e. The maximum absolute atomic E-state index is 3.82. The lowest BCUT2D eigenvalue weighted by Gasteiger charge is -1.74. The van der Waals surface area contributed by atoms with Crippen molar-refractivity contribution in [3.8, 4) is 0 Å². The highest BCUT2D eigenvalue weighted by atomic mass is 31.1. The van der Waals surface area contributed by atoms with E-state index in [0.717, 1.165) is 0 Å². The van der Waals surface area contributed by atoms with Gasteiger partial charge in [0, 0.05) is 0 Å². The first-order valence-corrected chi connectivity index (χ1v) is 3.43. The van der Waals surface area contributed by atoms with Gasteiger partial charge in [-0.1, -0.05) is 0 Å². The van der Waals surface area contributed by atoms with Crippen molar-refractivity contribution in [1.29, 1.82) is 0 Å².